The number of nitrogens with zero attached hydrogens (tertiary/aromatic N) is 1. The standard InChI is InChI=1S/C19H28N2O6/c1-10(2)15(18(24)26-6)20-17(23)13-8-9-14(22)21(12(13)5)16(11(3)4)19(25)27-7/h8-11,15-16H,1-7H3,(H,20,23)/t15-,16-/m0/s1. The van der Waals surface area contributed by atoms with Gasteiger partial charge in [-0.2, -0.15) is 0 Å². The van der Waals surface area contributed by atoms with Crippen LogP contribution in [0.4, 0.5) is 0 Å². The average Bonchev–Trinajstić information content (AvgIpc) is 2.60. The van der Waals surface area contributed by atoms with Crippen molar-refractivity contribution in [3.05, 3.63) is 33.7 Å². The summed E-state index contributed by atoms with van der Waals surface area (Å²) in [7, 11) is 2.50. The highest BCUT2D eigenvalue weighted by Crippen LogP contribution is 2.21. The van der Waals surface area contributed by atoms with Crippen LogP contribution in [-0.2, 0) is 19.1 Å². The molecule has 0 saturated heterocycles. The van der Waals surface area contributed by atoms with E-state index in [0.29, 0.717) is 5.69 Å². The molecule has 1 aromatic heterocycles. The summed E-state index contributed by atoms with van der Waals surface area (Å²) < 4.78 is 10.8. The molecule has 1 amide bonds. The van der Waals surface area contributed by atoms with E-state index in [0.717, 1.165) is 0 Å². The first-order valence-electron chi connectivity index (χ1n) is 8.75. The Balaban J connectivity index is 3.39. The largest absolute Gasteiger partial charge is 0.467 e. The molecule has 0 aromatic carbocycles. The minimum absolute atomic E-state index is 0.189. The molecule has 8 nitrogen and oxygen atoms in total. The molecule has 150 valence electrons. The Morgan fingerprint density at radius 3 is 1.96 bits per heavy atom. The zero-order valence-electron chi connectivity index (χ0n) is 16.9. The van der Waals surface area contributed by atoms with E-state index >= 15 is 0 Å². The third-order valence-electron chi connectivity index (χ3n) is 4.39. The van der Waals surface area contributed by atoms with Crippen molar-refractivity contribution in [2.45, 2.75) is 46.7 Å². The van der Waals surface area contributed by atoms with Gasteiger partial charge in [0.15, 0.2) is 0 Å². The van der Waals surface area contributed by atoms with Crippen molar-refractivity contribution in [3.8, 4) is 0 Å². The number of methoxy groups -OCH3 is 2. The van der Waals surface area contributed by atoms with Crippen molar-refractivity contribution < 1.29 is 23.9 Å². The predicted molar refractivity (Wildman–Crippen MR) is 99.4 cm³/mol. The molecule has 0 radical (unpaired) electrons. The molecule has 1 heterocycles. The Bertz CT molecular complexity index is 766. The van der Waals surface area contributed by atoms with E-state index in [-0.39, 0.29) is 17.4 Å². The molecule has 1 N–H and O–H groups in total. The Labute approximate surface area is 158 Å². The lowest BCUT2D eigenvalue weighted by atomic mass is 10.0. The van der Waals surface area contributed by atoms with Crippen molar-refractivity contribution >= 4 is 17.8 Å². The van der Waals surface area contributed by atoms with Gasteiger partial charge >= 0.3 is 11.9 Å². The first-order chi connectivity index (χ1) is 12.6. The van der Waals surface area contributed by atoms with E-state index in [1.54, 1.807) is 34.6 Å². The van der Waals surface area contributed by atoms with Gasteiger partial charge in [0.1, 0.15) is 12.1 Å². The number of hydrogen-bond donors (Lipinski definition) is 1. The van der Waals surface area contributed by atoms with Gasteiger partial charge in [-0.15, -0.1) is 0 Å². The summed E-state index contributed by atoms with van der Waals surface area (Å²) in [5, 5.41) is 2.64. The molecular formula is C19H28N2O6. The Kier molecular flexibility index (Phi) is 7.75. The van der Waals surface area contributed by atoms with Gasteiger partial charge in [0, 0.05) is 11.8 Å². The summed E-state index contributed by atoms with van der Waals surface area (Å²) in [5.74, 6) is -2.07. The van der Waals surface area contributed by atoms with E-state index in [1.165, 1.54) is 30.9 Å². The number of carbonyl (C=O) groups excluding carboxylic acids is 3. The minimum atomic E-state index is -0.864. The van der Waals surface area contributed by atoms with Crippen LogP contribution in [0.5, 0.6) is 0 Å². The summed E-state index contributed by atoms with van der Waals surface area (Å²) in [6, 6.07) is 0.913. The van der Waals surface area contributed by atoms with Crippen molar-refractivity contribution in [1.82, 2.24) is 9.88 Å². The number of pyridine rings is 1. The number of esters is 2. The molecule has 0 aliphatic heterocycles. The predicted octanol–water partition coefficient (Wildman–Crippen LogP) is 1.45. The summed E-state index contributed by atoms with van der Waals surface area (Å²) in [4.78, 5) is 49.3. The highest BCUT2D eigenvalue weighted by Gasteiger charge is 2.30. The topological polar surface area (TPSA) is 104 Å². The van der Waals surface area contributed by atoms with Crippen LogP contribution in [0.25, 0.3) is 0 Å². The van der Waals surface area contributed by atoms with Gasteiger partial charge in [0.2, 0.25) is 0 Å². The Morgan fingerprint density at radius 2 is 1.52 bits per heavy atom. The molecule has 0 bridgehead atoms. The van der Waals surface area contributed by atoms with E-state index < -0.39 is 35.5 Å². The summed E-state index contributed by atoms with van der Waals surface area (Å²) >= 11 is 0. The fourth-order valence-corrected chi connectivity index (χ4v) is 2.88. The quantitative estimate of drug-likeness (QED) is 0.718. The Morgan fingerprint density at radius 1 is 0.963 bits per heavy atom. The zero-order chi connectivity index (χ0) is 20.9. The van der Waals surface area contributed by atoms with Crippen LogP contribution in [0, 0.1) is 18.8 Å². The monoisotopic (exact) mass is 380 g/mol. The first kappa shape index (κ1) is 22.4. The van der Waals surface area contributed by atoms with E-state index in [2.05, 4.69) is 5.32 Å². The molecule has 0 unspecified atom stereocenters. The summed E-state index contributed by atoms with van der Waals surface area (Å²) in [6.45, 7) is 8.71. The number of amides is 1. The van der Waals surface area contributed by atoms with Crippen molar-refractivity contribution in [2.75, 3.05) is 14.2 Å². The first-order valence-corrected chi connectivity index (χ1v) is 8.75. The SMILES string of the molecule is COC(=O)[C@@H](NC(=O)c1ccc(=O)n([C@H](C(=O)OC)C(C)C)c1C)C(C)C. The van der Waals surface area contributed by atoms with E-state index in [4.69, 9.17) is 9.47 Å². The van der Waals surface area contributed by atoms with Gasteiger partial charge in [0.05, 0.1) is 19.8 Å². The molecular weight excluding hydrogens is 352 g/mol. The molecule has 0 saturated carbocycles. The zero-order valence-corrected chi connectivity index (χ0v) is 16.9. The fourth-order valence-electron chi connectivity index (χ4n) is 2.88. The lowest BCUT2D eigenvalue weighted by molar-refractivity contribution is -0.146. The van der Waals surface area contributed by atoms with Gasteiger partial charge in [-0.25, -0.2) is 9.59 Å². The number of rotatable bonds is 7. The van der Waals surface area contributed by atoms with Crippen LogP contribution in [-0.4, -0.2) is 42.7 Å². The highest BCUT2D eigenvalue weighted by molar-refractivity contribution is 5.97. The molecule has 27 heavy (non-hydrogen) atoms. The second-order valence-corrected chi connectivity index (χ2v) is 6.97. The second kappa shape index (κ2) is 9.34. The Hall–Kier alpha value is -2.64. The third kappa shape index (κ3) is 4.96. The fraction of sp³-hybridized carbons (Fsp3) is 0.579. The van der Waals surface area contributed by atoms with Gasteiger partial charge < -0.3 is 14.8 Å². The van der Waals surface area contributed by atoms with Gasteiger partial charge in [-0.05, 0) is 24.8 Å². The molecule has 2 atom stereocenters. The van der Waals surface area contributed by atoms with Gasteiger partial charge in [-0.1, -0.05) is 27.7 Å². The maximum absolute atomic E-state index is 12.7. The van der Waals surface area contributed by atoms with Gasteiger partial charge in [0.25, 0.3) is 11.5 Å². The second-order valence-electron chi connectivity index (χ2n) is 6.97. The number of hydrogen-bond acceptors (Lipinski definition) is 6. The third-order valence-corrected chi connectivity index (χ3v) is 4.39. The van der Waals surface area contributed by atoms with E-state index in [1.807, 2.05) is 0 Å². The van der Waals surface area contributed by atoms with Crippen LogP contribution in [0.3, 0.4) is 0 Å². The number of carbonyl (C=O) groups is 3. The van der Waals surface area contributed by atoms with Crippen LogP contribution in [0.2, 0.25) is 0 Å². The van der Waals surface area contributed by atoms with Crippen LogP contribution < -0.4 is 10.9 Å². The molecule has 0 aliphatic rings. The number of ether oxygens (including phenoxy) is 2. The average molecular weight is 380 g/mol. The number of aromatic nitrogens is 1. The molecule has 0 spiro atoms. The van der Waals surface area contributed by atoms with Crippen molar-refractivity contribution in [3.63, 3.8) is 0 Å². The summed E-state index contributed by atoms with van der Waals surface area (Å²) in [5.41, 5.74) is 0.0942. The smallest absolute Gasteiger partial charge is 0.329 e. The maximum atomic E-state index is 12.7. The highest BCUT2D eigenvalue weighted by atomic mass is 16.5. The summed E-state index contributed by atoms with van der Waals surface area (Å²) in [6.07, 6.45) is 0. The van der Waals surface area contributed by atoms with Crippen LogP contribution in [0.15, 0.2) is 16.9 Å². The maximum Gasteiger partial charge on any atom is 0.329 e. The molecule has 1 aromatic rings. The molecule has 0 aliphatic carbocycles. The molecule has 8 heteroatoms. The normalized spacial score (nSPS) is 13.2. The molecule has 0 fully saturated rings. The minimum Gasteiger partial charge on any atom is -0.467 e. The van der Waals surface area contributed by atoms with Crippen LogP contribution >= 0.6 is 0 Å². The van der Waals surface area contributed by atoms with E-state index in [9.17, 15) is 19.2 Å². The lowest BCUT2D eigenvalue weighted by Crippen LogP contribution is -2.46. The van der Waals surface area contributed by atoms with Crippen LogP contribution in [0.1, 0.15) is 49.8 Å². The van der Waals surface area contributed by atoms with Crippen molar-refractivity contribution in [1.29, 1.82) is 0 Å². The number of nitrogens with one attached hydrogen (secondary N) is 1. The van der Waals surface area contributed by atoms with Gasteiger partial charge in [-0.3, -0.25) is 14.2 Å². The lowest BCUT2D eigenvalue weighted by Gasteiger charge is -2.25. The van der Waals surface area contributed by atoms with Crippen molar-refractivity contribution in [2.24, 2.45) is 11.8 Å². The molecule has 1 rings (SSSR count).